The predicted molar refractivity (Wildman–Crippen MR) is 165 cm³/mol. The number of amides is 1. The Balaban J connectivity index is 1.09. The van der Waals surface area contributed by atoms with Gasteiger partial charge in [0, 0.05) is 28.9 Å². The minimum Gasteiger partial charge on any atom is -0.480 e. The molecule has 6 N–H and O–H groups in total. The number of benzene rings is 1. The number of aromatic nitrogens is 1. The van der Waals surface area contributed by atoms with E-state index in [9.17, 15) is 34.8 Å². The van der Waals surface area contributed by atoms with E-state index in [-0.39, 0.29) is 29.6 Å². The minimum absolute atomic E-state index is 0.0273. The molecule has 242 valence electrons. The molecule has 1 aromatic carbocycles. The summed E-state index contributed by atoms with van der Waals surface area (Å²) in [6, 6.07) is 6.45. The number of aliphatic hydroxyl groups excluding tert-OH is 2. The monoisotopic (exact) mass is 621 g/mol. The average Bonchev–Trinajstić information content (AvgIpc) is 3.54. The van der Waals surface area contributed by atoms with Crippen molar-refractivity contribution < 1.29 is 39.6 Å². The molecule has 3 fully saturated rings. The summed E-state index contributed by atoms with van der Waals surface area (Å²) in [6.07, 6.45) is 7.41. The summed E-state index contributed by atoms with van der Waals surface area (Å²) in [6.45, 7) is 2.98. The second kappa shape index (κ2) is 11.7. The number of H-pyrrole nitrogens is 1. The van der Waals surface area contributed by atoms with Crippen LogP contribution in [0.15, 0.2) is 47.3 Å². The number of fused-ring (bicyclic) bond motifs is 6. The number of hydrogen-bond donors (Lipinski definition) is 6. The van der Waals surface area contributed by atoms with Gasteiger partial charge in [-0.1, -0.05) is 42.8 Å². The van der Waals surface area contributed by atoms with Crippen molar-refractivity contribution in [1.29, 1.82) is 0 Å². The number of Topliss-reactive ketones (excluding diaryl/α,β-unsaturated/α-hetero) is 1. The number of para-hydroxylation sites is 1. The van der Waals surface area contributed by atoms with Crippen molar-refractivity contribution in [3.63, 3.8) is 0 Å². The van der Waals surface area contributed by atoms with Gasteiger partial charge < -0.3 is 35.6 Å². The van der Waals surface area contributed by atoms with E-state index >= 15 is 0 Å². The molecule has 11 heteroatoms. The van der Waals surface area contributed by atoms with Crippen LogP contribution in [0.3, 0.4) is 0 Å². The standard InChI is InChI=1S/C34H43N3O8/c1-32-11-9-21(37-45-18-29(41)36-26(31(42)43)13-19-16-35-25-6-4-3-5-22(19)25)14-20(32)7-8-23-24-10-12-34(44,28(40)17-38)33(24,2)15-27(39)30(23)32/h3-6,14,16,23-24,26-27,30,35,38-39,44H,7-13,15,17-18H2,1-2H3,(H,36,41)(H,42,43)/b37-21-/t23-,24-,26-,27-,30+,32-,33-,34-/m0/s1. The third kappa shape index (κ3) is 5.18. The predicted octanol–water partition coefficient (Wildman–Crippen LogP) is 2.88. The molecule has 1 heterocycles. The van der Waals surface area contributed by atoms with Crippen molar-refractivity contribution in [3.05, 3.63) is 47.7 Å². The summed E-state index contributed by atoms with van der Waals surface area (Å²) in [5.41, 5.74) is 0.877. The SMILES string of the molecule is C[C@]12CC/C(=N/OCC(=O)N[C@@H](Cc3c[nH]c4ccccc34)C(=O)O)C=C1CC[C@@H]1[C@@H]2[C@@H](O)C[C@@]2(C)[C@H]1CC[C@]2(O)C(=O)CO. The number of aliphatic hydroxyl groups is 3. The van der Waals surface area contributed by atoms with Crippen LogP contribution in [0.25, 0.3) is 10.9 Å². The summed E-state index contributed by atoms with van der Waals surface area (Å²) in [7, 11) is 0. The number of carbonyl (C=O) groups excluding carboxylic acids is 2. The molecule has 0 aliphatic heterocycles. The summed E-state index contributed by atoms with van der Waals surface area (Å²) in [5.74, 6) is -2.08. The highest BCUT2D eigenvalue weighted by atomic mass is 16.6. The van der Waals surface area contributed by atoms with E-state index in [4.69, 9.17) is 4.84 Å². The number of hydrogen-bond acceptors (Lipinski definition) is 8. The number of carboxylic acids is 1. The van der Waals surface area contributed by atoms with Gasteiger partial charge in [0.2, 0.25) is 0 Å². The highest BCUT2D eigenvalue weighted by molar-refractivity contribution is 5.96. The van der Waals surface area contributed by atoms with Crippen LogP contribution >= 0.6 is 0 Å². The number of carbonyl (C=O) groups is 3. The summed E-state index contributed by atoms with van der Waals surface area (Å²) < 4.78 is 0. The van der Waals surface area contributed by atoms with E-state index in [1.807, 2.05) is 37.3 Å². The summed E-state index contributed by atoms with van der Waals surface area (Å²) >= 11 is 0. The van der Waals surface area contributed by atoms with Gasteiger partial charge in [0.15, 0.2) is 12.4 Å². The number of carboxylic acid groups (broad SMARTS) is 1. The van der Waals surface area contributed by atoms with Crippen LogP contribution in [-0.4, -0.2) is 79.7 Å². The van der Waals surface area contributed by atoms with Crippen molar-refractivity contribution >= 4 is 34.3 Å². The molecule has 6 rings (SSSR count). The fraction of sp³-hybridized carbons (Fsp3) is 0.588. The molecule has 4 aliphatic carbocycles. The smallest absolute Gasteiger partial charge is 0.326 e. The van der Waals surface area contributed by atoms with Crippen LogP contribution < -0.4 is 5.32 Å². The van der Waals surface area contributed by atoms with Crippen LogP contribution in [0.1, 0.15) is 64.4 Å². The number of ketones is 1. The van der Waals surface area contributed by atoms with Gasteiger partial charge in [-0.3, -0.25) is 9.59 Å². The first-order chi connectivity index (χ1) is 21.4. The molecule has 1 amide bonds. The lowest BCUT2D eigenvalue weighted by atomic mass is 9.45. The molecule has 0 saturated heterocycles. The molecular weight excluding hydrogens is 578 g/mol. The van der Waals surface area contributed by atoms with Crippen LogP contribution in [0.5, 0.6) is 0 Å². The zero-order valence-corrected chi connectivity index (χ0v) is 25.8. The second-order valence-electron chi connectivity index (χ2n) is 14.0. The van der Waals surface area contributed by atoms with Crippen LogP contribution in [-0.2, 0) is 25.6 Å². The van der Waals surface area contributed by atoms with Crippen molar-refractivity contribution in [2.75, 3.05) is 13.2 Å². The number of nitrogens with one attached hydrogen (secondary N) is 2. The Morgan fingerprint density at radius 3 is 2.69 bits per heavy atom. The van der Waals surface area contributed by atoms with E-state index in [1.54, 1.807) is 6.20 Å². The Morgan fingerprint density at radius 2 is 1.93 bits per heavy atom. The number of aliphatic carboxylic acids is 1. The van der Waals surface area contributed by atoms with Gasteiger partial charge in [-0.2, -0.15) is 0 Å². The number of nitrogens with zero attached hydrogens (tertiary/aromatic N) is 1. The molecular formula is C34H43N3O8. The molecule has 8 atom stereocenters. The largest absolute Gasteiger partial charge is 0.480 e. The molecule has 2 aromatic rings. The van der Waals surface area contributed by atoms with Crippen molar-refractivity contribution in [2.45, 2.75) is 83.0 Å². The first-order valence-electron chi connectivity index (χ1n) is 15.9. The van der Waals surface area contributed by atoms with Gasteiger partial charge in [0.1, 0.15) is 18.2 Å². The molecule has 1 aromatic heterocycles. The van der Waals surface area contributed by atoms with Crippen LogP contribution in [0.2, 0.25) is 0 Å². The fourth-order valence-electron chi connectivity index (χ4n) is 9.49. The lowest BCUT2D eigenvalue weighted by Crippen LogP contribution is -2.62. The van der Waals surface area contributed by atoms with Crippen LogP contribution in [0, 0.1) is 28.6 Å². The molecule has 3 saturated carbocycles. The molecule has 4 aliphatic rings. The molecule has 45 heavy (non-hydrogen) atoms. The van der Waals surface area contributed by atoms with E-state index < -0.39 is 54.0 Å². The maximum Gasteiger partial charge on any atom is 0.326 e. The average molecular weight is 622 g/mol. The van der Waals surface area contributed by atoms with Gasteiger partial charge in [-0.25, -0.2) is 4.79 Å². The first-order valence-corrected chi connectivity index (χ1v) is 15.9. The molecule has 0 spiro atoms. The van der Waals surface area contributed by atoms with E-state index in [0.29, 0.717) is 31.4 Å². The highest BCUT2D eigenvalue weighted by Crippen LogP contribution is 2.67. The normalized spacial score (nSPS) is 35.6. The van der Waals surface area contributed by atoms with E-state index in [1.165, 1.54) is 5.57 Å². The maximum atomic E-state index is 12.6. The number of allylic oxidation sites excluding steroid dienone is 2. The van der Waals surface area contributed by atoms with Gasteiger partial charge >= 0.3 is 5.97 Å². The lowest BCUT2D eigenvalue weighted by Gasteiger charge is -2.60. The number of aromatic amines is 1. The number of oxime groups is 1. The Hall–Kier alpha value is -3.54. The topological polar surface area (TPSA) is 182 Å². The zero-order chi connectivity index (χ0) is 32.1. The van der Waals surface area contributed by atoms with Crippen LogP contribution in [0.4, 0.5) is 0 Å². The van der Waals surface area contributed by atoms with E-state index in [2.05, 4.69) is 22.4 Å². The second-order valence-corrected chi connectivity index (χ2v) is 14.0. The summed E-state index contributed by atoms with van der Waals surface area (Å²) in [5, 5.41) is 49.9. The Kier molecular flexibility index (Phi) is 8.16. The fourth-order valence-corrected chi connectivity index (χ4v) is 9.49. The zero-order valence-electron chi connectivity index (χ0n) is 25.8. The van der Waals surface area contributed by atoms with Crippen molar-refractivity contribution in [3.8, 4) is 0 Å². The Labute approximate surface area is 261 Å². The summed E-state index contributed by atoms with van der Waals surface area (Å²) in [4.78, 5) is 45.7. The van der Waals surface area contributed by atoms with Gasteiger partial charge in [0.25, 0.3) is 5.91 Å². The van der Waals surface area contributed by atoms with Crippen molar-refractivity contribution in [1.82, 2.24) is 10.3 Å². The molecule has 0 unspecified atom stereocenters. The Bertz CT molecular complexity index is 1570. The third-order valence-corrected chi connectivity index (χ3v) is 11.8. The van der Waals surface area contributed by atoms with Crippen molar-refractivity contribution in [2.24, 2.45) is 33.7 Å². The molecule has 0 bridgehead atoms. The molecule has 0 radical (unpaired) electrons. The number of rotatable bonds is 9. The van der Waals surface area contributed by atoms with Gasteiger partial charge in [0.05, 0.1) is 11.8 Å². The first kappa shape index (κ1) is 31.4. The van der Waals surface area contributed by atoms with Gasteiger partial charge in [-0.05, 0) is 85.8 Å². The highest BCUT2D eigenvalue weighted by Gasteiger charge is 2.68. The van der Waals surface area contributed by atoms with E-state index in [0.717, 1.165) is 35.7 Å². The Morgan fingerprint density at radius 1 is 1.16 bits per heavy atom. The minimum atomic E-state index is -1.62. The molecule has 11 nitrogen and oxygen atoms in total. The maximum absolute atomic E-state index is 12.6. The lowest BCUT2D eigenvalue weighted by molar-refractivity contribution is -0.181. The van der Waals surface area contributed by atoms with Gasteiger partial charge in [-0.15, -0.1) is 0 Å². The quantitative estimate of drug-likeness (QED) is 0.231. The third-order valence-electron chi connectivity index (χ3n) is 11.8.